The van der Waals surface area contributed by atoms with Gasteiger partial charge in [0.1, 0.15) is 0 Å². The van der Waals surface area contributed by atoms with Crippen LogP contribution < -0.4 is 6.15 Å². The standard InChI is InChI=1S/C6H10O4.C4H6O2.H3N/c7-5(8)3-1-2-4-6(9)10;5-4-2-1-3-6-4;/h1-4H2,(H,7,8)(H,9,10);1-3H2;1H3. The number of unbranched alkanes of at least 4 members (excludes halogenated alkanes) is 1. The molecule has 0 saturated carbocycles. The summed E-state index contributed by atoms with van der Waals surface area (Å²) in [5.74, 6) is -1.79. The molecule has 100 valence electrons. The minimum Gasteiger partial charge on any atom is -0.481 e. The van der Waals surface area contributed by atoms with E-state index < -0.39 is 11.9 Å². The fourth-order valence-electron chi connectivity index (χ4n) is 1.03. The summed E-state index contributed by atoms with van der Waals surface area (Å²) < 4.78 is 4.51. The van der Waals surface area contributed by atoms with Gasteiger partial charge in [-0.05, 0) is 19.3 Å². The highest BCUT2D eigenvalue weighted by atomic mass is 16.5. The highest BCUT2D eigenvalue weighted by molar-refractivity contribution is 5.70. The van der Waals surface area contributed by atoms with Gasteiger partial charge in [0, 0.05) is 19.3 Å². The lowest BCUT2D eigenvalue weighted by Crippen LogP contribution is -1.97. The number of hydrogen-bond acceptors (Lipinski definition) is 5. The van der Waals surface area contributed by atoms with E-state index in [4.69, 9.17) is 10.2 Å². The quantitative estimate of drug-likeness (QED) is 0.491. The van der Waals surface area contributed by atoms with Gasteiger partial charge in [-0.2, -0.15) is 0 Å². The molecule has 1 heterocycles. The van der Waals surface area contributed by atoms with Crippen LogP contribution in [0.25, 0.3) is 0 Å². The summed E-state index contributed by atoms with van der Waals surface area (Å²) in [5.41, 5.74) is 0. The average molecular weight is 249 g/mol. The van der Waals surface area contributed by atoms with Crippen molar-refractivity contribution >= 4 is 17.9 Å². The molecular formula is C10H19NO6. The molecule has 1 saturated heterocycles. The van der Waals surface area contributed by atoms with E-state index in [2.05, 4.69) is 4.74 Å². The van der Waals surface area contributed by atoms with E-state index in [1.807, 2.05) is 0 Å². The second kappa shape index (κ2) is 10.9. The van der Waals surface area contributed by atoms with Gasteiger partial charge in [-0.15, -0.1) is 0 Å². The Morgan fingerprint density at radius 2 is 1.59 bits per heavy atom. The van der Waals surface area contributed by atoms with Gasteiger partial charge in [0.2, 0.25) is 0 Å². The Morgan fingerprint density at radius 3 is 1.76 bits per heavy atom. The van der Waals surface area contributed by atoms with Gasteiger partial charge in [0.25, 0.3) is 0 Å². The molecule has 0 aromatic rings. The van der Waals surface area contributed by atoms with E-state index in [0.717, 1.165) is 6.42 Å². The first-order chi connectivity index (χ1) is 7.52. The topological polar surface area (TPSA) is 136 Å². The number of hydrogen-bond donors (Lipinski definition) is 3. The molecule has 0 aromatic carbocycles. The molecule has 1 rings (SSSR count). The van der Waals surface area contributed by atoms with Gasteiger partial charge in [0.15, 0.2) is 0 Å². The first-order valence-electron chi connectivity index (χ1n) is 5.11. The van der Waals surface area contributed by atoms with Crippen molar-refractivity contribution in [3.63, 3.8) is 0 Å². The monoisotopic (exact) mass is 249 g/mol. The maximum absolute atomic E-state index is 10.0. The van der Waals surface area contributed by atoms with Gasteiger partial charge >= 0.3 is 17.9 Å². The van der Waals surface area contributed by atoms with Gasteiger partial charge in [-0.1, -0.05) is 0 Å². The van der Waals surface area contributed by atoms with Gasteiger partial charge in [-0.25, -0.2) is 0 Å². The Hall–Kier alpha value is -1.63. The average Bonchev–Trinajstić information content (AvgIpc) is 2.64. The third kappa shape index (κ3) is 14.4. The minimum absolute atomic E-state index is 0. The van der Waals surface area contributed by atoms with Crippen LogP contribution in [0, 0.1) is 0 Å². The van der Waals surface area contributed by atoms with Gasteiger partial charge < -0.3 is 21.1 Å². The summed E-state index contributed by atoms with van der Waals surface area (Å²) in [7, 11) is 0. The van der Waals surface area contributed by atoms with Crippen molar-refractivity contribution in [1.82, 2.24) is 6.15 Å². The van der Waals surface area contributed by atoms with Crippen molar-refractivity contribution in [2.45, 2.75) is 38.5 Å². The third-order valence-electron chi connectivity index (χ3n) is 1.82. The number of ether oxygens (including phenoxy) is 1. The van der Waals surface area contributed by atoms with Crippen LogP contribution in [0.2, 0.25) is 0 Å². The number of cyclic esters (lactones) is 1. The second-order valence-corrected chi connectivity index (χ2v) is 3.32. The van der Waals surface area contributed by atoms with Gasteiger partial charge in [0.05, 0.1) is 6.61 Å². The van der Waals surface area contributed by atoms with E-state index in [1.54, 1.807) is 0 Å². The Labute approximate surface area is 99.3 Å². The Morgan fingerprint density at radius 1 is 1.12 bits per heavy atom. The molecule has 0 bridgehead atoms. The Balaban J connectivity index is 0. The smallest absolute Gasteiger partial charge is 0.305 e. The molecule has 0 unspecified atom stereocenters. The molecule has 1 fully saturated rings. The van der Waals surface area contributed by atoms with Gasteiger partial charge in [-0.3, -0.25) is 14.4 Å². The molecule has 0 atom stereocenters. The summed E-state index contributed by atoms with van der Waals surface area (Å²) >= 11 is 0. The number of carboxylic acid groups (broad SMARTS) is 2. The number of esters is 1. The van der Waals surface area contributed by atoms with Crippen molar-refractivity contribution in [2.75, 3.05) is 6.61 Å². The molecule has 0 radical (unpaired) electrons. The zero-order chi connectivity index (χ0) is 12.4. The maximum atomic E-state index is 10.0. The lowest BCUT2D eigenvalue weighted by atomic mass is 10.2. The number of carbonyl (C=O) groups is 3. The van der Waals surface area contributed by atoms with Crippen molar-refractivity contribution in [2.24, 2.45) is 0 Å². The summed E-state index contributed by atoms with van der Waals surface area (Å²) in [4.78, 5) is 29.8. The number of carboxylic acids is 2. The molecule has 0 spiro atoms. The first kappa shape index (κ1) is 17.8. The minimum atomic E-state index is -0.870. The molecule has 5 N–H and O–H groups in total. The van der Waals surface area contributed by atoms with Crippen LogP contribution in [0.5, 0.6) is 0 Å². The molecule has 1 aliphatic rings. The van der Waals surface area contributed by atoms with Crippen molar-refractivity contribution in [1.29, 1.82) is 0 Å². The van der Waals surface area contributed by atoms with E-state index in [0.29, 0.717) is 25.9 Å². The molecule has 0 aromatic heterocycles. The second-order valence-electron chi connectivity index (χ2n) is 3.32. The van der Waals surface area contributed by atoms with Crippen LogP contribution in [0.3, 0.4) is 0 Å². The van der Waals surface area contributed by atoms with Crippen LogP contribution in [0.1, 0.15) is 38.5 Å². The van der Waals surface area contributed by atoms with E-state index in [9.17, 15) is 14.4 Å². The summed E-state index contributed by atoms with van der Waals surface area (Å²) in [6.07, 6.45) is 2.56. The molecule has 17 heavy (non-hydrogen) atoms. The lowest BCUT2D eigenvalue weighted by molar-refractivity contribution is -0.139. The van der Waals surface area contributed by atoms with E-state index in [1.165, 1.54) is 0 Å². The molecular weight excluding hydrogens is 230 g/mol. The highest BCUT2D eigenvalue weighted by Gasteiger charge is 2.08. The fourth-order valence-corrected chi connectivity index (χ4v) is 1.03. The van der Waals surface area contributed by atoms with E-state index in [-0.39, 0.29) is 25.0 Å². The number of rotatable bonds is 5. The lowest BCUT2D eigenvalue weighted by Gasteiger charge is -1.92. The van der Waals surface area contributed by atoms with Crippen LogP contribution in [0.15, 0.2) is 0 Å². The Bertz CT molecular complexity index is 229. The maximum Gasteiger partial charge on any atom is 0.305 e. The zero-order valence-electron chi connectivity index (χ0n) is 9.68. The SMILES string of the molecule is N.O=C(O)CCCCC(=O)O.O=C1CCCO1. The molecule has 1 aliphatic heterocycles. The van der Waals surface area contributed by atoms with Crippen molar-refractivity contribution in [3.8, 4) is 0 Å². The van der Waals surface area contributed by atoms with Crippen molar-refractivity contribution in [3.05, 3.63) is 0 Å². The largest absolute Gasteiger partial charge is 0.481 e. The van der Waals surface area contributed by atoms with E-state index >= 15 is 0 Å². The highest BCUT2D eigenvalue weighted by Crippen LogP contribution is 2.01. The van der Waals surface area contributed by atoms with Crippen molar-refractivity contribution < 1.29 is 29.3 Å². The molecule has 7 nitrogen and oxygen atoms in total. The van der Waals surface area contributed by atoms with Crippen LogP contribution in [0.4, 0.5) is 0 Å². The predicted octanol–water partition coefficient (Wildman–Crippen LogP) is 1.20. The molecule has 0 aliphatic carbocycles. The van der Waals surface area contributed by atoms with Crippen LogP contribution in [-0.2, 0) is 19.1 Å². The molecule has 0 amide bonds. The van der Waals surface area contributed by atoms with Crippen LogP contribution >= 0.6 is 0 Å². The van der Waals surface area contributed by atoms with Crippen LogP contribution in [-0.4, -0.2) is 34.7 Å². The molecule has 7 heteroatoms. The third-order valence-corrected chi connectivity index (χ3v) is 1.82. The summed E-state index contributed by atoms with van der Waals surface area (Å²) in [6, 6.07) is 0. The predicted molar refractivity (Wildman–Crippen MR) is 59.0 cm³/mol. The first-order valence-corrected chi connectivity index (χ1v) is 5.11. The number of aliphatic carboxylic acids is 2. The zero-order valence-corrected chi connectivity index (χ0v) is 9.68. The summed E-state index contributed by atoms with van der Waals surface area (Å²) in [5, 5.41) is 16.3. The normalized spacial score (nSPS) is 12.8. The number of carbonyl (C=O) groups excluding carboxylic acids is 1. The Kier molecular flexibility index (Phi) is 11.4. The summed E-state index contributed by atoms with van der Waals surface area (Å²) in [6.45, 7) is 0.638. The fraction of sp³-hybridized carbons (Fsp3) is 0.700.